The minimum atomic E-state index is -1.34. The molecular weight excluding hydrogens is 342 g/mol. The summed E-state index contributed by atoms with van der Waals surface area (Å²) in [7, 11) is 0. The van der Waals surface area contributed by atoms with Gasteiger partial charge in [0.15, 0.2) is 17.9 Å². The summed E-state index contributed by atoms with van der Waals surface area (Å²) in [6, 6.07) is 8.37. The molecule has 9 heteroatoms. The molecular formula is C17H21N3O6. The van der Waals surface area contributed by atoms with E-state index in [1.807, 2.05) is 30.3 Å². The number of carbonyl (C=O) groups excluding carboxylic acids is 1. The van der Waals surface area contributed by atoms with Gasteiger partial charge in [0.2, 0.25) is 0 Å². The van der Waals surface area contributed by atoms with Crippen LogP contribution in [0.5, 0.6) is 0 Å². The molecule has 140 valence electrons. The maximum absolute atomic E-state index is 12.2. The molecule has 3 rings (SSSR count). The van der Waals surface area contributed by atoms with E-state index in [0.29, 0.717) is 0 Å². The number of benzene rings is 1. The number of ketones is 1. The lowest BCUT2D eigenvalue weighted by Gasteiger charge is -2.42. The van der Waals surface area contributed by atoms with Crippen molar-refractivity contribution in [2.45, 2.75) is 50.3 Å². The quantitative estimate of drug-likeness (QED) is 0.495. The Morgan fingerprint density at radius 1 is 1.35 bits per heavy atom. The van der Waals surface area contributed by atoms with Gasteiger partial charge in [0.05, 0.1) is 12.6 Å². The third-order valence-electron chi connectivity index (χ3n) is 4.29. The number of azide groups is 1. The van der Waals surface area contributed by atoms with Gasteiger partial charge in [0, 0.05) is 10.5 Å². The molecule has 1 aromatic rings. The van der Waals surface area contributed by atoms with Crippen molar-refractivity contribution in [2.75, 3.05) is 13.2 Å². The first-order chi connectivity index (χ1) is 12.4. The molecule has 1 aromatic carbocycles. The SMILES string of the molecule is CC1(C)OCC(=O)[C@@H]([C@H](O)[C@@H]2OC(c3ccccc3)OC[C@H]2N=[N+]=[N-])O1. The molecule has 2 aliphatic rings. The maximum Gasteiger partial charge on any atom is 0.190 e. The van der Waals surface area contributed by atoms with Gasteiger partial charge >= 0.3 is 0 Å². The summed E-state index contributed by atoms with van der Waals surface area (Å²) >= 11 is 0. The average molecular weight is 363 g/mol. The van der Waals surface area contributed by atoms with Gasteiger partial charge in [-0.3, -0.25) is 4.79 Å². The molecule has 2 fully saturated rings. The molecule has 2 aliphatic heterocycles. The maximum atomic E-state index is 12.2. The Kier molecular flexibility index (Phi) is 5.57. The number of nitrogens with zero attached hydrogens (tertiary/aromatic N) is 3. The van der Waals surface area contributed by atoms with Gasteiger partial charge in [0.25, 0.3) is 0 Å². The van der Waals surface area contributed by atoms with E-state index in [4.69, 9.17) is 24.5 Å². The molecule has 5 atom stereocenters. The highest BCUT2D eigenvalue weighted by molar-refractivity contribution is 5.85. The summed E-state index contributed by atoms with van der Waals surface area (Å²) in [6.07, 6.45) is -4.19. The lowest BCUT2D eigenvalue weighted by atomic mass is 9.97. The third kappa shape index (κ3) is 4.04. The van der Waals surface area contributed by atoms with Crippen LogP contribution in [0, 0.1) is 0 Å². The highest BCUT2D eigenvalue weighted by Crippen LogP contribution is 2.32. The molecule has 0 amide bonds. The van der Waals surface area contributed by atoms with Crippen molar-refractivity contribution in [3.05, 3.63) is 46.3 Å². The highest BCUT2D eigenvalue weighted by atomic mass is 16.7. The highest BCUT2D eigenvalue weighted by Gasteiger charge is 2.46. The van der Waals surface area contributed by atoms with Crippen LogP contribution in [0.25, 0.3) is 10.4 Å². The van der Waals surface area contributed by atoms with E-state index in [-0.39, 0.29) is 13.2 Å². The van der Waals surface area contributed by atoms with Crippen LogP contribution < -0.4 is 0 Å². The second-order valence-electron chi connectivity index (χ2n) is 6.63. The molecule has 26 heavy (non-hydrogen) atoms. The van der Waals surface area contributed by atoms with E-state index in [1.54, 1.807) is 13.8 Å². The van der Waals surface area contributed by atoms with Crippen LogP contribution in [-0.2, 0) is 23.7 Å². The van der Waals surface area contributed by atoms with Crippen molar-refractivity contribution < 1.29 is 28.8 Å². The standard InChI is InChI=1S/C17H21N3O6/c1-17(2)24-9-12(21)15(26-17)13(22)14-11(19-20-18)8-23-16(25-14)10-6-4-3-5-7-10/h3-7,11,13-16,22H,8-9H2,1-2H3/t11-,13-,14-,15+,16?/m1/s1. The normalized spacial score (nSPS) is 32.5. The third-order valence-corrected chi connectivity index (χ3v) is 4.29. The van der Waals surface area contributed by atoms with Gasteiger partial charge in [-0.25, -0.2) is 0 Å². The Balaban J connectivity index is 1.82. The van der Waals surface area contributed by atoms with Crippen molar-refractivity contribution in [3.63, 3.8) is 0 Å². The number of Topliss-reactive ketones (excluding diaryl/α,β-unsaturated/α-hetero) is 1. The Hall–Kier alpha value is -2.00. The second kappa shape index (κ2) is 7.71. The number of rotatable bonds is 4. The number of hydrogen-bond donors (Lipinski definition) is 1. The fourth-order valence-corrected chi connectivity index (χ4v) is 2.98. The zero-order valence-corrected chi connectivity index (χ0v) is 14.5. The molecule has 1 N–H and O–H groups in total. The predicted octanol–water partition coefficient (Wildman–Crippen LogP) is 1.86. The molecule has 2 saturated heterocycles. The van der Waals surface area contributed by atoms with Crippen LogP contribution in [0.4, 0.5) is 0 Å². The van der Waals surface area contributed by atoms with Crippen LogP contribution in [0.1, 0.15) is 25.7 Å². The summed E-state index contributed by atoms with van der Waals surface area (Å²) in [6.45, 7) is 3.18. The van der Waals surface area contributed by atoms with Gasteiger partial charge in [0.1, 0.15) is 24.9 Å². The van der Waals surface area contributed by atoms with E-state index in [9.17, 15) is 9.90 Å². The molecule has 0 radical (unpaired) electrons. The molecule has 0 bridgehead atoms. The Morgan fingerprint density at radius 2 is 2.08 bits per heavy atom. The van der Waals surface area contributed by atoms with E-state index in [0.717, 1.165) is 5.56 Å². The molecule has 0 spiro atoms. The predicted molar refractivity (Wildman–Crippen MR) is 88.9 cm³/mol. The second-order valence-corrected chi connectivity index (χ2v) is 6.63. The van der Waals surface area contributed by atoms with Gasteiger partial charge in [-0.2, -0.15) is 0 Å². The van der Waals surface area contributed by atoms with Gasteiger partial charge < -0.3 is 24.1 Å². The molecule has 2 heterocycles. The fraction of sp³-hybridized carbons (Fsp3) is 0.588. The largest absolute Gasteiger partial charge is 0.387 e. The number of aliphatic hydroxyl groups is 1. The van der Waals surface area contributed by atoms with Gasteiger partial charge in [-0.05, 0) is 19.4 Å². The van der Waals surface area contributed by atoms with Gasteiger partial charge in [-0.1, -0.05) is 35.4 Å². The van der Waals surface area contributed by atoms with E-state index >= 15 is 0 Å². The first-order valence-electron chi connectivity index (χ1n) is 8.30. The number of hydrogen-bond acceptors (Lipinski definition) is 7. The van der Waals surface area contributed by atoms with Crippen LogP contribution >= 0.6 is 0 Å². The van der Waals surface area contributed by atoms with Crippen molar-refractivity contribution in [2.24, 2.45) is 5.11 Å². The van der Waals surface area contributed by atoms with Crippen LogP contribution in [0.15, 0.2) is 35.4 Å². The number of ether oxygens (including phenoxy) is 4. The van der Waals surface area contributed by atoms with Crippen LogP contribution in [0.2, 0.25) is 0 Å². The summed E-state index contributed by atoms with van der Waals surface area (Å²) in [5, 5.41) is 14.4. The van der Waals surface area contributed by atoms with E-state index < -0.39 is 42.2 Å². The smallest absolute Gasteiger partial charge is 0.190 e. The fourth-order valence-electron chi connectivity index (χ4n) is 2.98. The van der Waals surface area contributed by atoms with E-state index in [1.165, 1.54) is 0 Å². The zero-order chi connectivity index (χ0) is 18.7. The first kappa shape index (κ1) is 18.8. The first-order valence-corrected chi connectivity index (χ1v) is 8.30. The molecule has 0 aliphatic carbocycles. The molecule has 1 unspecified atom stereocenters. The summed E-state index contributed by atoms with van der Waals surface area (Å²) in [4.78, 5) is 15.0. The summed E-state index contributed by atoms with van der Waals surface area (Å²) in [5.74, 6) is -1.42. The van der Waals surface area contributed by atoms with Crippen molar-refractivity contribution in [3.8, 4) is 0 Å². The molecule has 9 nitrogen and oxygen atoms in total. The Morgan fingerprint density at radius 3 is 2.77 bits per heavy atom. The van der Waals surface area contributed by atoms with Crippen molar-refractivity contribution in [1.82, 2.24) is 0 Å². The van der Waals surface area contributed by atoms with Crippen molar-refractivity contribution in [1.29, 1.82) is 0 Å². The average Bonchev–Trinajstić information content (AvgIpc) is 2.64. The number of aliphatic hydroxyl groups excluding tert-OH is 1. The van der Waals surface area contributed by atoms with Crippen LogP contribution in [-0.4, -0.2) is 54.2 Å². The van der Waals surface area contributed by atoms with Gasteiger partial charge in [-0.15, -0.1) is 0 Å². The number of carbonyl (C=O) groups is 1. The lowest BCUT2D eigenvalue weighted by Crippen LogP contribution is -2.58. The van der Waals surface area contributed by atoms with Crippen molar-refractivity contribution >= 4 is 5.78 Å². The molecule has 0 aromatic heterocycles. The Bertz CT molecular complexity index is 691. The lowest BCUT2D eigenvalue weighted by molar-refractivity contribution is -0.296. The monoisotopic (exact) mass is 363 g/mol. The zero-order valence-electron chi connectivity index (χ0n) is 14.5. The topological polar surface area (TPSA) is 123 Å². The summed E-state index contributed by atoms with van der Waals surface area (Å²) in [5.41, 5.74) is 9.55. The summed E-state index contributed by atoms with van der Waals surface area (Å²) < 4.78 is 22.3. The molecule has 0 saturated carbocycles. The van der Waals surface area contributed by atoms with E-state index in [2.05, 4.69) is 10.0 Å². The minimum absolute atomic E-state index is 0.0478. The minimum Gasteiger partial charge on any atom is -0.387 e. The Labute approximate surface area is 150 Å². The van der Waals surface area contributed by atoms with Crippen LogP contribution in [0.3, 0.4) is 0 Å².